The third-order valence-electron chi connectivity index (χ3n) is 8.16. The first-order valence-corrected chi connectivity index (χ1v) is 18.2. The van der Waals surface area contributed by atoms with Gasteiger partial charge in [-0.1, -0.05) is 18.2 Å². The molecule has 60 heavy (non-hydrogen) atoms. The Hall–Kier alpha value is -7.89. The third kappa shape index (κ3) is 10.5. The fraction of sp³-hybridized carbons (Fsp3) is 0.190. The molecule has 0 aliphatic heterocycles. The van der Waals surface area contributed by atoms with Gasteiger partial charge in [-0.15, -0.1) is 9.78 Å². The minimum atomic E-state index is -0.892. The first kappa shape index (κ1) is 41.7. The Bertz CT molecular complexity index is 2510. The van der Waals surface area contributed by atoms with Crippen molar-refractivity contribution in [3.63, 3.8) is 0 Å². The van der Waals surface area contributed by atoms with Crippen LogP contribution in [0.15, 0.2) is 120 Å². The van der Waals surface area contributed by atoms with Gasteiger partial charge in [-0.25, -0.2) is 24.1 Å². The largest absolute Gasteiger partial charge is 0.497 e. The number of aromatic nitrogens is 6. The van der Waals surface area contributed by atoms with Crippen molar-refractivity contribution in [2.45, 2.75) is 20.8 Å². The molecule has 3 aromatic heterocycles. The number of rotatable bonds is 15. The van der Waals surface area contributed by atoms with Crippen LogP contribution in [-0.2, 0) is 14.3 Å². The zero-order chi connectivity index (χ0) is 42.6. The van der Waals surface area contributed by atoms with E-state index in [-0.39, 0.29) is 70.9 Å². The quantitative estimate of drug-likeness (QED) is 0.0447. The molecule has 0 aliphatic carbocycles. The predicted octanol–water partition coefficient (Wildman–Crippen LogP) is 5.48. The number of methoxy groups -OCH3 is 1. The van der Waals surface area contributed by atoms with Gasteiger partial charge in [0.25, 0.3) is 11.9 Å². The molecule has 0 unspecified atom stereocenters. The molecule has 2 N–H and O–H groups in total. The van der Waals surface area contributed by atoms with Crippen LogP contribution in [0.25, 0.3) is 5.95 Å². The molecule has 1 amide bonds. The summed E-state index contributed by atoms with van der Waals surface area (Å²) in [6.07, 6.45) is 5.83. The summed E-state index contributed by atoms with van der Waals surface area (Å²) in [4.78, 5) is 63.3. The van der Waals surface area contributed by atoms with Crippen molar-refractivity contribution in [1.29, 1.82) is 0 Å². The van der Waals surface area contributed by atoms with Gasteiger partial charge >= 0.3 is 17.9 Å². The molecule has 3 aromatic carbocycles. The Labute approximate surface area is 342 Å². The molecule has 0 aliphatic rings. The lowest BCUT2D eigenvalue weighted by atomic mass is 9.98. The number of hydrogen-bond donors (Lipinski definition) is 1. The lowest BCUT2D eigenvalue weighted by molar-refractivity contribution is -0.160. The minimum absolute atomic E-state index is 0.0216. The molecule has 3 heterocycles. The molecule has 0 saturated carbocycles. The number of benzene rings is 3. The lowest BCUT2D eigenvalue weighted by Gasteiger charge is -2.16. The second-order valence-electron chi connectivity index (χ2n) is 13.5. The molecule has 0 spiro atoms. The van der Waals surface area contributed by atoms with E-state index in [0.29, 0.717) is 11.1 Å². The number of nitrogens with zero attached hydrogens (tertiary/aromatic N) is 8. The number of hydrogen-bond acceptors (Lipinski definition) is 14. The summed E-state index contributed by atoms with van der Waals surface area (Å²) in [6, 6.07) is 21.8. The maximum atomic E-state index is 16.7. The van der Waals surface area contributed by atoms with E-state index in [1.54, 1.807) is 81.4 Å². The molecule has 0 fully saturated rings. The molecule has 6 rings (SSSR count). The van der Waals surface area contributed by atoms with Gasteiger partial charge in [-0.2, -0.15) is 9.98 Å². The zero-order valence-electron chi connectivity index (χ0n) is 32.8. The van der Waals surface area contributed by atoms with E-state index in [9.17, 15) is 14.4 Å². The van der Waals surface area contributed by atoms with E-state index in [2.05, 4.69) is 30.0 Å². The van der Waals surface area contributed by atoms with E-state index in [1.807, 2.05) is 0 Å². The molecular formula is C42H38FN9O8. The Morgan fingerprint density at radius 2 is 1.53 bits per heavy atom. The van der Waals surface area contributed by atoms with Crippen LogP contribution in [0.4, 0.5) is 10.1 Å². The summed E-state index contributed by atoms with van der Waals surface area (Å²) in [5.74, 6) is -2.86. The number of carbonyl (C=O) groups is 3. The van der Waals surface area contributed by atoms with Crippen molar-refractivity contribution in [2.75, 3.05) is 27.1 Å². The maximum absolute atomic E-state index is 16.7. The van der Waals surface area contributed by atoms with Crippen LogP contribution < -0.4 is 19.9 Å². The molecule has 17 nitrogen and oxygen atoms in total. The predicted molar refractivity (Wildman–Crippen MR) is 214 cm³/mol. The van der Waals surface area contributed by atoms with Crippen LogP contribution in [-0.4, -0.2) is 86.2 Å². The number of ether oxygens (including phenoxy) is 5. The van der Waals surface area contributed by atoms with Crippen LogP contribution in [0, 0.1) is 11.2 Å². The van der Waals surface area contributed by atoms with E-state index in [1.165, 1.54) is 56.2 Å². The molecule has 0 bridgehead atoms. The fourth-order valence-electron chi connectivity index (χ4n) is 5.09. The molecule has 18 heteroatoms. The number of amidine groups is 1. The number of nitrogens with two attached hydrogens (primary N) is 1. The van der Waals surface area contributed by atoms with Crippen LogP contribution in [0.5, 0.6) is 17.5 Å². The van der Waals surface area contributed by atoms with Gasteiger partial charge in [0.2, 0.25) is 12.6 Å². The SMILES string of the molecule is COc1cc(OCCOC(=O)c2ccncc2)c(F)c(C(=Nc2ccc(C(N)=NC(=O)c3ccccc3)cc2)c2nc(OCOC(=O)C(C)(C)C)n(-c3ncccn3)n2)c1. The van der Waals surface area contributed by atoms with Crippen molar-refractivity contribution < 1.29 is 42.5 Å². The summed E-state index contributed by atoms with van der Waals surface area (Å²) in [5, 5.41) is 4.55. The first-order valence-electron chi connectivity index (χ1n) is 18.2. The second kappa shape index (κ2) is 19.0. The van der Waals surface area contributed by atoms with Gasteiger partial charge in [-0.3, -0.25) is 14.6 Å². The van der Waals surface area contributed by atoms with Crippen molar-refractivity contribution in [3.8, 4) is 23.5 Å². The van der Waals surface area contributed by atoms with Crippen LogP contribution >= 0.6 is 0 Å². The van der Waals surface area contributed by atoms with Gasteiger partial charge in [0.05, 0.1) is 23.8 Å². The summed E-state index contributed by atoms with van der Waals surface area (Å²) < 4.78 is 45.5. The van der Waals surface area contributed by atoms with Crippen molar-refractivity contribution in [3.05, 3.63) is 144 Å². The minimum Gasteiger partial charge on any atom is -0.497 e. The van der Waals surface area contributed by atoms with Crippen LogP contribution in [0.2, 0.25) is 0 Å². The van der Waals surface area contributed by atoms with E-state index < -0.39 is 35.9 Å². The highest BCUT2D eigenvalue weighted by Gasteiger charge is 2.27. The molecule has 0 radical (unpaired) electrons. The number of carbonyl (C=O) groups excluding carboxylic acids is 3. The van der Waals surface area contributed by atoms with E-state index in [0.717, 1.165) is 4.68 Å². The highest BCUT2D eigenvalue weighted by Crippen LogP contribution is 2.31. The third-order valence-corrected chi connectivity index (χ3v) is 8.16. The normalized spacial score (nSPS) is 11.8. The first-order chi connectivity index (χ1) is 28.9. The van der Waals surface area contributed by atoms with Gasteiger partial charge in [0, 0.05) is 47.5 Å². The van der Waals surface area contributed by atoms with Crippen LogP contribution in [0.3, 0.4) is 0 Å². The maximum Gasteiger partial charge on any atom is 0.338 e. The average molecular weight is 816 g/mol. The molecular weight excluding hydrogens is 778 g/mol. The van der Waals surface area contributed by atoms with Gasteiger partial charge in [0.15, 0.2) is 11.6 Å². The summed E-state index contributed by atoms with van der Waals surface area (Å²) in [7, 11) is 1.38. The molecule has 306 valence electrons. The number of pyridine rings is 1. The number of aliphatic imine (C=N–C) groups is 2. The molecule has 0 saturated heterocycles. The summed E-state index contributed by atoms with van der Waals surface area (Å²) in [5.41, 5.74) is 6.40. The number of esters is 2. The zero-order valence-corrected chi connectivity index (χ0v) is 32.8. The monoisotopic (exact) mass is 815 g/mol. The average Bonchev–Trinajstić information content (AvgIpc) is 3.69. The summed E-state index contributed by atoms with van der Waals surface area (Å²) >= 11 is 0. The van der Waals surface area contributed by atoms with Crippen molar-refractivity contribution in [1.82, 2.24) is 29.7 Å². The van der Waals surface area contributed by atoms with Crippen molar-refractivity contribution >= 4 is 35.1 Å². The van der Waals surface area contributed by atoms with E-state index >= 15 is 4.39 Å². The Kier molecular flexibility index (Phi) is 13.2. The highest BCUT2D eigenvalue weighted by molar-refractivity contribution is 6.12. The standard InChI is InChI=1S/C42H38FN9O8/c1-42(2,3)39(55)59-25-60-41-50-36(51-52(41)40-46-17-8-18-47-40)34(48-29-13-11-26(12-14-29)35(44)49-37(53)27-9-6-5-7-10-27)31-23-30(56-4)24-32(33(31)43)57-21-22-58-38(54)28-15-19-45-20-16-28/h5-20,23-24H,21-22,25H2,1-4H3,(H2,44,49,53). The lowest BCUT2D eigenvalue weighted by Crippen LogP contribution is -2.25. The van der Waals surface area contributed by atoms with Crippen LogP contribution in [0.1, 0.15) is 58.4 Å². The Morgan fingerprint density at radius 1 is 0.817 bits per heavy atom. The van der Waals surface area contributed by atoms with Gasteiger partial charge in [0.1, 0.15) is 30.5 Å². The number of amides is 1. The second-order valence-corrected chi connectivity index (χ2v) is 13.5. The Balaban J connectivity index is 1.38. The highest BCUT2D eigenvalue weighted by atomic mass is 19.1. The number of halogens is 1. The summed E-state index contributed by atoms with van der Waals surface area (Å²) in [6.45, 7) is 4.06. The molecule has 0 atom stereocenters. The van der Waals surface area contributed by atoms with Gasteiger partial charge < -0.3 is 29.4 Å². The smallest absolute Gasteiger partial charge is 0.338 e. The van der Waals surface area contributed by atoms with Crippen molar-refractivity contribution in [2.24, 2.45) is 21.1 Å². The van der Waals surface area contributed by atoms with E-state index in [4.69, 9.17) is 34.4 Å². The topological polar surface area (TPSA) is 217 Å². The Morgan fingerprint density at radius 3 is 2.22 bits per heavy atom. The van der Waals surface area contributed by atoms with Gasteiger partial charge in [-0.05, 0) is 81.4 Å². The fourth-order valence-corrected chi connectivity index (χ4v) is 5.09. The molecule has 6 aromatic rings.